The molecule has 1 saturated heterocycles. The fraction of sp³-hybridized carbons (Fsp3) is 0.509. The standard InChI is InChI=1S/C53H68N2O11/c1-3-5-31-62-52(59)55(26-33-60-34-29-58)48-37-46(54-66-49-19-11-14-32-61-49)44-35-40(17-9-12-27-56)43(18-10-13-28-57)50-45-36-42(24-25-47(45)65-53(48,51(44)50)63-30-4-2)64-41-22-20-39(21-23-41)38-15-7-6-8-16-38/h3-4,6-8,15-16,20-25,35-36,40,43,48-51,56-58H,1-2,5,9-14,17-19,26-34,37H2/t40-,43+,48-,49?,50+,51+,53+/m0/s1. The van der Waals surface area contributed by atoms with E-state index in [4.69, 9.17) is 38.4 Å². The second kappa shape index (κ2) is 24.7. The Labute approximate surface area is 389 Å². The Hall–Kier alpha value is -5.02. The van der Waals surface area contributed by atoms with E-state index in [9.17, 15) is 20.1 Å². The molecule has 1 saturated carbocycles. The number of aliphatic hydroxyl groups excluding tert-OH is 3. The predicted octanol–water partition coefficient (Wildman–Crippen LogP) is 9.33. The molecule has 3 aromatic carbocycles. The molecule has 1 amide bonds. The van der Waals surface area contributed by atoms with Gasteiger partial charge in [-0.3, -0.25) is 4.90 Å². The summed E-state index contributed by atoms with van der Waals surface area (Å²) in [4.78, 5) is 22.4. The third-order valence-electron chi connectivity index (χ3n) is 13.1. The normalized spacial score (nSPS) is 24.8. The van der Waals surface area contributed by atoms with E-state index < -0.39 is 30.1 Å². The summed E-state index contributed by atoms with van der Waals surface area (Å²) in [7, 11) is 0. The van der Waals surface area contributed by atoms with Crippen molar-refractivity contribution in [2.75, 3.05) is 59.4 Å². The van der Waals surface area contributed by atoms with Crippen LogP contribution in [-0.2, 0) is 23.8 Å². The zero-order chi connectivity index (χ0) is 46.1. The number of nitrogens with zero attached hydrogens (tertiary/aromatic N) is 2. The van der Waals surface area contributed by atoms with Gasteiger partial charge in [0.2, 0.25) is 12.1 Å². The van der Waals surface area contributed by atoms with Gasteiger partial charge in [-0.2, -0.15) is 0 Å². The number of ether oxygens (including phenoxy) is 6. The number of rotatable bonds is 25. The quantitative estimate of drug-likeness (QED) is 0.0423. The minimum absolute atomic E-state index is 0.0160. The van der Waals surface area contributed by atoms with E-state index in [-0.39, 0.29) is 77.0 Å². The first kappa shape index (κ1) is 48.9. The minimum Gasteiger partial charge on any atom is -0.459 e. The van der Waals surface area contributed by atoms with Crippen molar-refractivity contribution in [3.05, 3.63) is 115 Å². The summed E-state index contributed by atoms with van der Waals surface area (Å²) in [6, 6.07) is 23.3. The maximum atomic E-state index is 14.5. The first-order valence-electron chi connectivity index (χ1n) is 23.9. The minimum atomic E-state index is -1.49. The molecule has 13 nitrogen and oxygen atoms in total. The maximum Gasteiger partial charge on any atom is 0.410 e. The Morgan fingerprint density at radius 3 is 2.36 bits per heavy atom. The monoisotopic (exact) mass is 908 g/mol. The predicted molar refractivity (Wildman–Crippen MR) is 252 cm³/mol. The van der Waals surface area contributed by atoms with Gasteiger partial charge in [0.15, 0.2) is 0 Å². The average Bonchev–Trinajstić information content (AvgIpc) is 3.35. The van der Waals surface area contributed by atoms with Crippen LogP contribution in [0.4, 0.5) is 4.79 Å². The number of fused-ring (bicyclic) bond motifs is 2. The first-order chi connectivity index (χ1) is 32.4. The van der Waals surface area contributed by atoms with E-state index in [1.54, 1.807) is 17.1 Å². The van der Waals surface area contributed by atoms with Gasteiger partial charge in [0, 0.05) is 44.1 Å². The van der Waals surface area contributed by atoms with Crippen LogP contribution in [0, 0.1) is 17.8 Å². The maximum absolute atomic E-state index is 14.5. The van der Waals surface area contributed by atoms with Crippen molar-refractivity contribution in [1.82, 2.24) is 4.90 Å². The van der Waals surface area contributed by atoms with Gasteiger partial charge in [0.25, 0.3) is 0 Å². The molecule has 0 radical (unpaired) electrons. The first-order valence-corrected chi connectivity index (χ1v) is 23.9. The Morgan fingerprint density at radius 1 is 0.864 bits per heavy atom. The van der Waals surface area contributed by atoms with Crippen LogP contribution >= 0.6 is 0 Å². The molecule has 7 rings (SSSR count). The van der Waals surface area contributed by atoms with Crippen LogP contribution in [0.5, 0.6) is 17.2 Å². The average molecular weight is 909 g/mol. The van der Waals surface area contributed by atoms with Gasteiger partial charge < -0.3 is 48.6 Å². The van der Waals surface area contributed by atoms with Crippen LogP contribution in [-0.4, -0.2) is 110 Å². The Morgan fingerprint density at radius 2 is 1.64 bits per heavy atom. The second-order valence-electron chi connectivity index (χ2n) is 17.4. The van der Waals surface area contributed by atoms with Crippen molar-refractivity contribution < 1.29 is 53.4 Å². The molecule has 4 aliphatic rings. The number of aliphatic hydroxyl groups is 3. The topological polar surface area (TPSA) is 158 Å². The molecule has 3 N–H and O–H groups in total. The lowest BCUT2D eigenvalue weighted by molar-refractivity contribution is -0.256. The van der Waals surface area contributed by atoms with Crippen molar-refractivity contribution >= 4 is 11.8 Å². The molecule has 7 atom stereocenters. The molecule has 2 heterocycles. The summed E-state index contributed by atoms with van der Waals surface area (Å²) in [5, 5.41) is 34.5. The van der Waals surface area contributed by atoms with Crippen LogP contribution in [0.15, 0.2) is 115 Å². The number of hydrogen-bond donors (Lipinski definition) is 3. The molecule has 0 bridgehead atoms. The van der Waals surface area contributed by atoms with Crippen molar-refractivity contribution in [2.45, 2.75) is 94.7 Å². The van der Waals surface area contributed by atoms with Gasteiger partial charge >= 0.3 is 6.09 Å². The summed E-state index contributed by atoms with van der Waals surface area (Å²) >= 11 is 0. The molecule has 0 aromatic heterocycles. The molecule has 0 spiro atoms. The summed E-state index contributed by atoms with van der Waals surface area (Å²) in [6.45, 7) is 8.97. The summed E-state index contributed by atoms with van der Waals surface area (Å²) < 4.78 is 38.8. The fourth-order valence-corrected chi connectivity index (χ4v) is 10.1. The number of carbonyl (C=O) groups excluding carboxylic acids is 1. The van der Waals surface area contributed by atoms with Crippen molar-refractivity contribution in [2.24, 2.45) is 22.9 Å². The van der Waals surface area contributed by atoms with Crippen LogP contribution in [0.3, 0.4) is 0 Å². The van der Waals surface area contributed by atoms with E-state index in [1.165, 1.54) is 0 Å². The lowest BCUT2D eigenvalue weighted by Gasteiger charge is -2.59. The number of benzene rings is 3. The highest BCUT2D eigenvalue weighted by Crippen LogP contribution is 2.62. The van der Waals surface area contributed by atoms with E-state index in [0.717, 1.165) is 60.8 Å². The molecule has 2 aliphatic carbocycles. The lowest BCUT2D eigenvalue weighted by Crippen LogP contribution is -2.70. The third kappa shape index (κ3) is 11.7. The van der Waals surface area contributed by atoms with Gasteiger partial charge in [-0.15, -0.1) is 13.2 Å². The fourth-order valence-electron chi connectivity index (χ4n) is 10.1. The zero-order valence-electron chi connectivity index (χ0n) is 38.2. The van der Waals surface area contributed by atoms with Crippen molar-refractivity contribution in [3.63, 3.8) is 0 Å². The number of unbranched alkanes of at least 4 members (excludes halogenated alkanes) is 2. The molecule has 66 heavy (non-hydrogen) atoms. The summed E-state index contributed by atoms with van der Waals surface area (Å²) in [5.41, 5.74) is 4.70. The molecule has 13 heteroatoms. The van der Waals surface area contributed by atoms with Crippen LogP contribution in [0.2, 0.25) is 0 Å². The van der Waals surface area contributed by atoms with Crippen molar-refractivity contribution in [1.29, 1.82) is 0 Å². The molecule has 356 valence electrons. The number of amides is 1. The van der Waals surface area contributed by atoms with Gasteiger partial charge in [-0.1, -0.05) is 78.7 Å². The van der Waals surface area contributed by atoms with Gasteiger partial charge in [0.1, 0.15) is 23.3 Å². The van der Waals surface area contributed by atoms with E-state index in [1.807, 2.05) is 42.5 Å². The summed E-state index contributed by atoms with van der Waals surface area (Å²) in [6.07, 6.45) is 12.3. The number of oxime groups is 1. The van der Waals surface area contributed by atoms with Crippen LogP contribution in [0.1, 0.15) is 82.1 Å². The largest absolute Gasteiger partial charge is 0.459 e. The van der Waals surface area contributed by atoms with Gasteiger partial charge in [-0.05, 0) is 104 Å². The SMILES string of the molecule is C=CCCOC(=O)N(CCOCCO)[C@H]1CC(=NOC2CCCCO2)C2=C[C@H](CCCCO)[C@@H](CCCCO)[C@@H]3c4cc(Oc5ccc(-c6ccccc6)cc5)ccc4O[C@@]1(OCC=C)[C@H]23. The van der Waals surface area contributed by atoms with Gasteiger partial charge in [-0.25, -0.2) is 4.79 Å². The highest BCUT2D eigenvalue weighted by atomic mass is 16.8. The van der Waals surface area contributed by atoms with Crippen LogP contribution in [0.25, 0.3) is 11.1 Å². The zero-order valence-corrected chi connectivity index (χ0v) is 38.2. The Kier molecular flexibility index (Phi) is 18.3. The lowest BCUT2D eigenvalue weighted by atomic mass is 9.55. The highest BCUT2D eigenvalue weighted by Gasteiger charge is 2.65. The van der Waals surface area contributed by atoms with Crippen molar-refractivity contribution in [3.8, 4) is 28.4 Å². The number of allylic oxidation sites excluding steroid dienone is 1. The molecule has 3 aromatic rings. The molecular weight excluding hydrogens is 841 g/mol. The number of hydrogen-bond acceptors (Lipinski definition) is 12. The third-order valence-corrected chi connectivity index (χ3v) is 13.1. The number of carbonyl (C=O) groups is 1. The second-order valence-corrected chi connectivity index (χ2v) is 17.4. The molecule has 1 unspecified atom stereocenters. The Balaban J connectivity index is 1.39. The summed E-state index contributed by atoms with van der Waals surface area (Å²) in [5.74, 6) is -0.303. The smallest absolute Gasteiger partial charge is 0.410 e. The molecular formula is C53H68N2O11. The van der Waals surface area contributed by atoms with E-state index in [2.05, 4.69) is 49.6 Å². The molecule has 2 fully saturated rings. The molecule has 2 aliphatic heterocycles. The Bertz CT molecular complexity index is 2070. The van der Waals surface area contributed by atoms with E-state index >= 15 is 0 Å². The van der Waals surface area contributed by atoms with Crippen LogP contribution < -0.4 is 9.47 Å². The van der Waals surface area contributed by atoms with E-state index in [0.29, 0.717) is 55.3 Å². The highest BCUT2D eigenvalue weighted by molar-refractivity contribution is 6.03. The van der Waals surface area contributed by atoms with Gasteiger partial charge in [0.05, 0.1) is 51.3 Å².